The van der Waals surface area contributed by atoms with Gasteiger partial charge >= 0.3 is 65.2 Å². The number of rotatable bonds is 3. The number of hydrogen-bond acceptors (Lipinski definition) is 2. The highest BCUT2D eigenvalue weighted by Crippen LogP contribution is 2.90. The van der Waals surface area contributed by atoms with E-state index in [1.54, 1.807) is 0 Å². The summed E-state index contributed by atoms with van der Waals surface area (Å²) >= 11 is 0. The minimum Gasteiger partial charge on any atom is -0.292 e. The maximum absolute atomic E-state index is 15.4. The van der Waals surface area contributed by atoms with Gasteiger partial charge in [0.2, 0.25) is 0 Å². The molecule has 39 heavy (non-hydrogen) atoms. The summed E-state index contributed by atoms with van der Waals surface area (Å²) in [5, 5.41) is 0. The molecule has 0 aliphatic heterocycles. The molecule has 0 aromatic heterocycles. The maximum Gasteiger partial charge on any atom is 0.445 e. The SMILES string of the molecule is NC(F)(C(F)(F)F)C(F)(F)OC1(C(F)(F)F)C2(F)C(F)(F)C3(F)C(F)(F)C(F)(C2(F)F)C(F)(F)C1(F)C3(F)F. The molecule has 25 heteroatoms. The Hall–Kier alpha value is -1.69. The molecule has 1 atom stereocenters. The van der Waals surface area contributed by atoms with Crippen molar-refractivity contribution in [1.82, 2.24) is 0 Å². The van der Waals surface area contributed by atoms with Crippen molar-refractivity contribution >= 4 is 0 Å². The summed E-state index contributed by atoms with van der Waals surface area (Å²) in [7, 11) is 0. The highest BCUT2D eigenvalue weighted by atomic mass is 19.4. The molecule has 0 amide bonds. The van der Waals surface area contributed by atoms with Gasteiger partial charge in [0, 0.05) is 0 Å². The van der Waals surface area contributed by atoms with Crippen molar-refractivity contribution in [2.24, 2.45) is 5.73 Å². The monoisotopic (exact) mass is 637 g/mol. The Morgan fingerprint density at radius 1 is 0.410 bits per heavy atom. The van der Waals surface area contributed by atoms with Gasteiger partial charge in [0.15, 0.2) is 0 Å². The van der Waals surface area contributed by atoms with E-state index >= 15 is 8.78 Å². The van der Waals surface area contributed by atoms with Crippen LogP contribution < -0.4 is 5.73 Å². The van der Waals surface area contributed by atoms with Gasteiger partial charge in [0.1, 0.15) is 0 Å². The van der Waals surface area contributed by atoms with Gasteiger partial charge in [0.05, 0.1) is 0 Å². The van der Waals surface area contributed by atoms with E-state index in [-0.39, 0.29) is 0 Å². The van der Waals surface area contributed by atoms with Crippen LogP contribution in [0.2, 0.25) is 0 Å². The van der Waals surface area contributed by atoms with Gasteiger partial charge < -0.3 is 0 Å². The van der Waals surface area contributed by atoms with E-state index in [0.29, 0.717) is 0 Å². The first-order valence-electron chi connectivity index (χ1n) is 8.79. The fourth-order valence-electron chi connectivity index (χ4n) is 4.91. The molecule has 0 saturated heterocycles. The quantitative estimate of drug-likeness (QED) is 0.299. The van der Waals surface area contributed by atoms with Gasteiger partial charge in [0.25, 0.3) is 16.9 Å². The van der Waals surface area contributed by atoms with Crippen molar-refractivity contribution in [1.29, 1.82) is 0 Å². The van der Waals surface area contributed by atoms with Crippen molar-refractivity contribution in [3.63, 3.8) is 0 Å². The molecule has 2 nitrogen and oxygen atoms in total. The molecule has 2 N–H and O–H groups in total. The second-order valence-electron chi connectivity index (χ2n) is 8.51. The largest absolute Gasteiger partial charge is 0.445 e. The molecule has 0 heterocycles. The molecular formula is C14H2F23NO. The first-order chi connectivity index (χ1) is 16.5. The molecule has 4 aliphatic carbocycles. The highest BCUT2D eigenvalue weighted by Gasteiger charge is 3.25. The summed E-state index contributed by atoms with van der Waals surface area (Å²) in [5.41, 5.74) is -41.2. The molecule has 1 unspecified atom stereocenters. The van der Waals surface area contributed by atoms with Crippen molar-refractivity contribution in [3.8, 4) is 0 Å². The second-order valence-corrected chi connectivity index (χ2v) is 8.51. The highest BCUT2D eigenvalue weighted by molar-refractivity contribution is 5.56. The van der Waals surface area contributed by atoms with Crippen LogP contribution in [0, 0.1) is 0 Å². The average molecular weight is 637 g/mol. The van der Waals surface area contributed by atoms with Gasteiger partial charge in [-0.3, -0.25) is 10.5 Å². The lowest BCUT2D eigenvalue weighted by atomic mass is 9.37. The van der Waals surface area contributed by atoms with Crippen LogP contribution in [0.25, 0.3) is 0 Å². The molecule has 0 aromatic rings. The maximum atomic E-state index is 15.4. The Labute approximate surface area is 195 Å². The third-order valence-electron chi connectivity index (χ3n) is 6.81. The number of ether oxygens (including phenoxy) is 1. The van der Waals surface area contributed by atoms with E-state index in [0.717, 1.165) is 0 Å². The van der Waals surface area contributed by atoms with Crippen LogP contribution in [0.3, 0.4) is 0 Å². The van der Waals surface area contributed by atoms with Crippen molar-refractivity contribution in [3.05, 3.63) is 0 Å². The summed E-state index contributed by atoms with van der Waals surface area (Å²) < 4.78 is 327. The lowest BCUT2D eigenvalue weighted by Gasteiger charge is -2.76. The van der Waals surface area contributed by atoms with E-state index in [2.05, 4.69) is 5.73 Å². The summed E-state index contributed by atoms with van der Waals surface area (Å²) in [6, 6.07) is 0. The zero-order chi connectivity index (χ0) is 31.7. The predicted octanol–water partition coefficient (Wildman–Crippen LogP) is 6.13. The van der Waals surface area contributed by atoms with E-state index < -0.39 is 82.1 Å². The lowest BCUT2D eigenvalue weighted by Crippen LogP contribution is -3.11. The van der Waals surface area contributed by atoms with Crippen LogP contribution >= 0.6 is 0 Å². The molecule has 4 fully saturated rings. The van der Waals surface area contributed by atoms with E-state index in [1.807, 2.05) is 0 Å². The first-order valence-corrected chi connectivity index (χ1v) is 8.79. The Kier molecular flexibility index (Phi) is 5.32. The third kappa shape index (κ3) is 2.20. The molecule has 0 aromatic carbocycles. The second kappa shape index (κ2) is 6.52. The molecule has 4 saturated carbocycles. The Morgan fingerprint density at radius 3 is 0.846 bits per heavy atom. The molecule has 0 radical (unpaired) electrons. The molecule has 230 valence electrons. The summed E-state index contributed by atoms with van der Waals surface area (Å²) in [6.07, 6.45) is -25.0. The minimum atomic E-state index is -9.14. The first kappa shape index (κ1) is 31.8. The number of hydrogen-bond donors (Lipinski definition) is 1. The van der Waals surface area contributed by atoms with Crippen LogP contribution in [0.4, 0.5) is 101 Å². The van der Waals surface area contributed by atoms with E-state index in [1.165, 1.54) is 4.74 Å². The zero-order valence-electron chi connectivity index (χ0n) is 16.7. The Morgan fingerprint density at radius 2 is 0.641 bits per heavy atom. The minimum absolute atomic E-state index is 1.44. The number of halogens is 23. The van der Waals surface area contributed by atoms with Crippen LogP contribution in [-0.4, -0.2) is 82.1 Å². The Bertz CT molecular complexity index is 995. The number of nitrogens with two attached hydrogens (primary N) is 1. The molecule has 0 spiro atoms. The third-order valence-corrected chi connectivity index (χ3v) is 6.81. The zero-order valence-corrected chi connectivity index (χ0v) is 16.7. The standard InChI is InChI=1S/C14H2F23NO/c15-1-5(12(30,31)32,39-14(36,37)11(29,38)13(33,34)35)2(16)8(23,24)3(17,6(1,19)20)10(27,28)4(18,7(1,21)22)9(2,25)26/h38H2. The molecule has 4 rings (SSSR count). The normalized spacial score (nSPS) is 45.2. The fraction of sp³-hybridized carbons (Fsp3) is 1.00. The smallest absolute Gasteiger partial charge is 0.292 e. The van der Waals surface area contributed by atoms with E-state index in [4.69, 9.17) is 0 Å². The summed E-state index contributed by atoms with van der Waals surface area (Å²) in [6.45, 7) is 0. The van der Waals surface area contributed by atoms with Crippen molar-refractivity contribution in [2.75, 3.05) is 0 Å². The molecule has 4 aliphatic rings. The van der Waals surface area contributed by atoms with Crippen LogP contribution in [0.1, 0.15) is 0 Å². The van der Waals surface area contributed by atoms with Gasteiger partial charge in [-0.25, -0.2) is 22.0 Å². The van der Waals surface area contributed by atoms with Gasteiger partial charge in [-0.2, -0.15) is 79.0 Å². The average Bonchev–Trinajstić information content (AvgIpc) is 2.69. The van der Waals surface area contributed by atoms with Crippen LogP contribution in [0.15, 0.2) is 0 Å². The van der Waals surface area contributed by atoms with Crippen LogP contribution in [-0.2, 0) is 4.74 Å². The van der Waals surface area contributed by atoms with Gasteiger partial charge in [-0.15, -0.1) is 0 Å². The van der Waals surface area contributed by atoms with Gasteiger partial charge in [-0.1, -0.05) is 0 Å². The van der Waals surface area contributed by atoms with E-state index in [9.17, 15) is 92.2 Å². The summed E-state index contributed by atoms with van der Waals surface area (Å²) in [4.78, 5) is 0. The Balaban J connectivity index is 2.75. The topological polar surface area (TPSA) is 35.2 Å². The lowest BCUT2D eigenvalue weighted by molar-refractivity contribution is -0.633. The van der Waals surface area contributed by atoms with Crippen molar-refractivity contribution in [2.45, 2.75) is 82.1 Å². The predicted molar refractivity (Wildman–Crippen MR) is 69.0 cm³/mol. The van der Waals surface area contributed by atoms with Gasteiger partial charge in [-0.05, 0) is 0 Å². The van der Waals surface area contributed by atoms with Crippen LogP contribution in [0.5, 0.6) is 0 Å². The molecule has 4 bridgehead atoms. The fourth-order valence-corrected chi connectivity index (χ4v) is 4.91. The molecular weight excluding hydrogens is 635 g/mol. The van der Waals surface area contributed by atoms with Crippen molar-refractivity contribution < 1.29 is 106 Å². The summed E-state index contributed by atoms with van der Waals surface area (Å²) in [5.74, 6) is -51.7. The number of alkyl halides is 23.